The molecule has 0 aliphatic rings. The van der Waals surface area contributed by atoms with Crippen LogP contribution in [-0.4, -0.2) is 15.0 Å². The van der Waals surface area contributed by atoms with Gasteiger partial charge in [0, 0.05) is 29.1 Å². The van der Waals surface area contributed by atoms with Gasteiger partial charge in [0.05, 0.1) is 11.0 Å². The van der Waals surface area contributed by atoms with E-state index in [1.54, 1.807) is 6.33 Å². The standard InChI is InChI=1S/C17H13N3/c1-2-4-12(5-3-1)8-14-9-13-6-7-16-15(17(13)20-14)10-18-11-19-16/h1-7,9-11,20H,8H2. The average Bonchev–Trinajstić information content (AvgIpc) is 2.91. The number of hydrogen-bond donors (Lipinski definition) is 1. The van der Waals surface area contributed by atoms with Crippen molar-refractivity contribution in [2.45, 2.75) is 6.42 Å². The smallest absolute Gasteiger partial charge is 0.116 e. The molecule has 2 aromatic heterocycles. The van der Waals surface area contributed by atoms with Crippen LogP contribution < -0.4 is 0 Å². The number of H-pyrrole nitrogens is 1. The van der Waals surface area contributed by atoms with E-state index in [-0.39, 0.29) is 0 Å². The second-order valence-electron chi connectivity index (χ2n) is 4.94. The molecule has 4 rings (SSSR count). The Bertz CT molecular complexity index is 878. The van der Waals surface area contributed by atoms with Gasteiger partial charge in [-0.1, -0.05) is 36.4 Å². The number of fused-ring (bicyclic) bond motifs is 3. The molecule has 0 bridgehead atoms. The fourth-order valence-electron chi connectivity index (χ4n) is 2.63. The maximum absolute atomic E-state index is 4.29. The van der Waals surface area contributed by atoms with Gasteiger partial charge in [-0.2, -0.15) is 0 Å². The second-order valence-corrected chi connectivity index (χ2v) is 4.94. The fourth-order valence-corrected chi connectivity index (χ4v) is 2.63. The third-order valence-electron chi connectivity index (χ3n) is 3.57. The number of hydrogen-bond acceptors (Lipinski definition) is 2. The summed E-state index contributed by atoms with van der Waals surface area (Å²) in [4.78, 5) is 11.9. The summed E-state index contributed by atoms with van der Waals surface area (Å²) in [6.07, 6.45) is 4.36. The molecule has 3 nitrogen and oxygen atoms in total. The van der Waals surface area contributed by atoms with Crippen LogP contribution in [0.3, 0.4) is 0 Å². The summed E-state index contributed by atoms with van der Waals surface area (Å²) in [6.45, 7) is 0. The predicted molar refractivity (Wildman–Crippen MR) is 80.6 cm³/mol. The molecule has 0 unspecified atom stereocenters. The Morgan fingerprint density at radius 3 is 2.80 bits per heavy atom. The summed E-state index contributed by atoms with van der Waals surface area (Å²) in [5.41, 5.74) is 4.61. The van der Waals surface area contributed by atoms with Crippen molar-refractivity contribution in [2.24, 2.45) is 0 Å². The molecule has 0 aliphatic heterocycles. The Morgan fingerprint density at radius 1 is 1.00 bits per heavy atom. The minimum Gasteiger partial charge on any atom is -0.358 e. The van der Waals surface area contributed by atoms with Gasteiger partial charge >= 0.3 is 0 Å². The van der Waals surface area contributed by atoms with Crippen LogP contribution >= 0.6 is 0 Å². The van der Waals surface area contributed by atoms with Crippen molar-refractivity contribution in [3.05, 3.63) is 72.3 Å². The van der Waals surface area contributed by atoms with Gasteiger partial charge in [0.1, 0.15) is 6.33 Å². The van der Waals surface area contributed by atoms with Crippen molar-refractivity contribution in [3.63, 3.8) is 0 Å². The quantitative estimate of drug-likeness (QED) is 0.596. The first-order chi connectivity index (χ1) is 9.90. The first-order valence-corrected chi connectivity index (χ1v) is 6.64. The number of rotatable bonds is 2. The summed E-state index contributed by atoms with van der Waals surface area (Å²) >= 11 is 0. The summed E-state index contributed by atoms with van der Waals surface area (Å²) in [7, 11) is 0. The molecule has 96 valence electrons. The molecule has 0 saturated heterocycles. The zero-order valence-corrected chi connectivity index (χ0v) is 10.9. The van der Waals surface area contributed by atoms with Crippen LogP contribution in [0.15, 0.2) is 61.1 Å². The average molecular weight is 259 g/mol. The first kappa shape index (κ1) is 11.2. The van der Waals surface area contributed by atoms with Gasteiger partial charge in [-0.15, -0.1) is 0 Å². The predicted octanol–water partition coefficient (Wildman–Crippen LogP) is 3.70. The summed E-state index contributed by atoms with van der Waals surface area (Å²) in [6, 6.07) is 16.8. The van der Waals surface area contributed by atoms with E-state index in [9.17, 15) is 0 Å². The van der Waals surface area contributed by atoms with E-state index in [1.165, 1.54) is 16.6 Å². The molecule has 0 fully saturated rings. The van der Waals surface area contributed by atoms with Crippen molar-refractivity contribution in [2.75, 3.05) is 0 Å². The number of benzene rings is 2. The van der Waals surface area contributed by atoms with Crippen LogP contribution in [0.4, 0.5) is 0 Å². The molecule has 1 N–H and O–H groups in total. The molecule has 0 atom stereocenters. The topological polar surface area (TPSA) is 41.6 Å². The van der Waals surface area contributed by atoms with Crippen LogP contribution in [0.25, 0.3) is 21.8 Å². The molecule has 2 aromatic carbocycles. The van der Waals surface area contributed by atoms with Crippen molar-refractivity contribution in [1.82, 2.24) is 15.0 Å². The molecule has 0 radical (unpaired) electrons. The summed E-state index contributed by atoms with van der Waals surface area (Å²) in [5, 5.41) is 2.28. The van der Waals surface area contributed by atoms with E-state index >= 15 is 0 Å². The van der Waals surface area contributed by atoms with Crippen molar-refractivity contribution in [3.8, 4) is 0 Å². The van der Waals surface area contributed by atoms with E-state index in [0.717, 1.165) is 22.8 Å². The molecule has 0 spiro atoms. The number of nitrogens with zero attached hydrogens (tertiary/aromatic N) is 2. The SMILES string of the molecule is c1ccc(Cc2cc3ccc4ncncc4c3[nH]2)cc1. The molecular weight excluding hydrogens is 246 g/mol. The first-order valence-electron chi connectivity index (χ1n) is 6.64. The van der Waals surface area contributed by atoms with Crippen molar-refractivity contribution >= 4 is 21.8 Å². The Balaban J connectivity index is 1.84. The molecule has 0 saturated carbocycles. The monoisotopic (exact) mass is 259 g/mol. The maximum atomic E-state index is 4.29. The Morgan fingerprint density at radius 2 is 1.90 bits per heavy atom. The highest BCUT2D eigenvalue weighted by molar-refractivity contribution is 6.03. The summed E-state index contributed by atoms with van der Waals surface area (Å²) in [5.74, 6) is 0. The zero-order chi connectivity index (χ0) is 13.4. The molecule has 4 aromatic rings. The van der Waals surface area contributed by atoms with Crippen LogP contribution in [0.2, 0.25) is 0 Å². The lowest BCUT2D eigenvalue weighted by molar-refractivity contribution is 1.12. The normalized spacial score (nSPS) is 11.2. The van der Waals surface area contributed by atoms with Gasteiger partial charge in [0.2, 0.25) is 0 Å². The van der Waals surface area contributed by atoms with E-state index < -0.39 is 0 Å². The minimum atomic E-state index is 0.907. The highest BCUT2D eigenvalue weighted by Gasteiger charge is 2.06. The molecular formula is C17H13N3. The highest BCUT2D eigenvalue weighted by Crippen LogP contribution is 2.24. The van der Waals surface area contributed by atoms with Gasteiger partial charge in [-0.25, -0.2) is 9.97 Å². The van der Waals surface area contributed by atoms with Gasteiger partial charge in [0.25, 0.3) is 0 Å². The number of nitrogens with one attached hydrogen (secondary N) is 1. The van der Waals surface area contributed by atoms with Crippen LogP contribution in [0, 0.1) is 0 Å². The molecule has 2 heterocycles. The van der Waals surface area contributed by atoms with Crippen molar-refractivity contribution < 1.29 is 0 Å². The summed E-state index contributed by atoms with van der Waals surface area (Å²) < 4.78 is 0. The van der Waals surface area contributed by atoms with E-state index in [1.807, 2.05) is 18.3 Å². The molecule has 20 heavy (non-hydrogen) atoms. The highest BCUT2D eigenvalue weighted by atomic mass is 14.8. The number of aromatic amines is 1. The molecule has 0 aliphatic carbocycles. The lowest BCUT2D eigenvalue weighted by atomic mass is 10.1. The van der Waals surface area contributed by atoms with E-state index in [4.69, 9.17) is 0 Å². The zero-order valence-electron chi connectivity index (χ0n) is 10.9. The minimum absolute atomic E-state index is 0.907. The lowest BCUT2D eigenvalue weighted by Crippen LogP contribution is -1.87. The van der Waals surface area contributed by atoms with Gasteiger partial charge in [-0.05, 0) is 17.7 Å². The van der Waals surface area contributed by atoms with Crippen molar-refractivity contribution in [1.29, 1.82) is 0 Å². The Hall–Kier alpha value is -2.68. The largest absolute Gasteiger partial charge is 0.358 e. The van der Waals surface area contributed by atoms with Gasteiger partial charge in [-0.3, -0.25) is 0 Å². The second kappa shape index (κ2) is 4.46. The van der Waals surface area contributed by atoms with Gasteiger partial charge < -0.3 is 4.98 Å². The third-order valence-corrected chi connectivity index (χ3v) is 3.57. The molecule has 3 heteroatoms. The van der Waals surface area contributed by atoms with E-state index in [0.29, 0.717) is 0 Å². The Kier molecular flexibility index (Phi) is 2.49. The molecule has 0 amide bonds. The third kappa shape index (κ3) is 1.84. The maximum Gasteiger partial charge on any atom is 0.116 e. The van der Waals surface area contributed by atoms with Crippen LogP contribution in [0.1, 0.15) is 11.3 Å². The Labute approximate surface area is 116 Å². The van der Waals surface area contributed by atoms with Crippen LogP contribution in [-0.2, 0) is 6.42 Å². The van der Waals surface area contributed by atoms with E-state index in [2.05, 4.69) is 51.4 Å². The van der Waals surface area contributed by atoms with Gasteiger partial charge in [0.15, 0.2) is 0 Å². The van der Waals surface area contributed by atoms with Crippen LogP contribution in [0.5, 0.6) is 0 Å². The number of aromatic nitrogens is 3. The fraction of sp³-hybridized carbons (Fsp3) is 0.0588. The lowest BCUT2D eigenvalue weighted by Gasteiger charge is -1.98.